The topological polar surface area (TPSA) is 29.5 Å². The molecule has 1 atom stereocenters. The van der Waals surface area contributed by atoms with Gasteiger partial charge in [-0.1, -0.05) is 27.7 Å². The standard InChI is InChI=1S/C11H24O2/c1-6-11(12,7-2)10(9(4)5)13-8-3/h9-10,12H,6-8H2,1-5H3. The molecule has 2 nitrogen and oxygen atoms in total. The summed E-state index contributed by atoms with van der Waals surface area (Å²) in [5, 5.41) is 10.3. The van der Waals surface area contributed by atoms with Crippen molar-refractivity contribution in [3.8, 4) is 0 Å². The van der Waals surface area contributed by atoms with Gasteiger partial charge >= 0.3 is 0 Å². The van der Waals surface area contributed by atoms with Gasteiger partial charge in [-0.15, -0.1) is 0 Å². The Balaban J connectivity index is 4.48. The van der Waals surface area contributed by atoms with E-state index in [2.05, 4.69) is 13.8 Å². The number of ether oxygens (including phenoxy) is 1. The summed E-state index contributed by atoms with van der Waals surface area (Å²) >= 11 is 0. The van der Waals surface area contributed by atoms with E-state index in [1.54, 1.807) is 0 Å². The first kappa shape index (κ1) is 12.9. The zero-order valence-electron chi connectivity index (χ0n) is 9.63. The summed E-state index contributed by atoms with van der Waals surface area (Å²) in [6.45, 7) is 10.9. The summed E-state index contributed by atoms with van der Waals surface area (Å²) in [5.74, 6) is 0.366. The lowest BCUT2D eigenvalue weighted by Crippen LogP contribution is -2.46. The van der Waals surface area contributed by atoms with Crippen molar-refractivity contribution in [1.29, 1.82) is 0 Å². The van der Waals surface area contributed by atoms with E-state index in [1.807, 2.05) is 20.8 Å². The van der Waals surface area contributed by atoms with Crippen LogP contribution in [0.25, 0.3) is 0 Å². The minimum absolute atomic E-state index is 0.0347. The van der Waals surface area contributed by atoms with Crippen molar-refractivity contribution in [2.45, 2.75) is 59.2 Å². The summed E-state index contributed by atoms with van der Waals surface area (Å²) in [7, 11) is 0. The Morgan fingerprint density at radius 2 is 1.62 bits per heavy atom. The van der Waals surface area contributed by atoms with Crippen molar-refractivity contribution >= 4 is 0 Å². The van der Waals surface area contributed by atoms with Crippen LogP contribution in [0.3, 0.4) is 0 Å². The molecule has 0 fully saturated rings. The quantitative estimate of drug-likeness (QED) is 0.694. The largest absolute Gasteiger partial charge is 0.387 e. The smallest absolute Gasteiger partial charge is 0.0905 e. The average molecular weight is 188 g/mol. The van der Waals surface area contributed by atoms with Crippen LogP contribution in [0.2, 0.25) is 0 Å². The molecule has 1 N–H and O–H groups in total. The molecule has 0 aromatic rings. The summed E-state index contributed by atoms with van der Waals surface area (Å²) in [5.41, 5.74) is -0.649. The molecule has 0 aliphatic heterocycles. The summed E-state index contributed by atoms with van der Waals surface area (Å²) in [6.07, 6.45) is 1.48. The van der Waals surface area contributed by atoms with E-state index in [1.165, 1.54) is 0 Å². The molecule has 0 saturated heterocycles. The highest BCUT2D eigenvalue weighted by Gasteiger charge is 2.35. The molecule has 0 saturated carbocycles. The van der Waals surface area contributed by atoms with Crippen LogP contribution in [0.5, 0.6) is 0 Å². The lowest BCUT2D eigenvalue weighted by molar-refractivity contribution is -0.129. The Kier molecular flexibility index (Phi) is 5.57. The fourth-order valence-electron chi connectivity index (χ4n) is 1.80. The first-order valence-corrected chi connectivity index (χ1v) is 5.35. The molecule has 0 aliphatic rings. The molecule has 0 aromatic carbocycles. The van der Waals surface area contributed by atoms with Gasteiger partial charge in [0.15, 0.2) is 0 Å². The van der Waals surface area contributed by atoms with E-state index in [9.17, 15) is 5.11 Å². The van der Waals surface area contributed by atoms with E-state index < -0.39 is 5.60 Å². The Bertz CT molecular complexity index is 128. The maximum atomic E-state index is 10.3. The third kappa shape index (κ3) is 3.28. The zero-order valence-corrected chi connectivity index (χ0v) is 9.63. The van der Waals surface area contributed by atoms with Gasteiger partial charge in [0.25, 0.3) is 0 Å². The van der Waals surface area contributed by atoms with E-state index >= 15 is 0 Å². The normalized spacial score (nSPS) is 15.0. The molecule has 1 unspecified atom stereocenters. The molecule has 80 valence electrons. The van der Waals surface area contributed by atoms with Gasteiger partial charge in [0.2, 0.25) is 0 Å². The Hall–Kier alpha value is -0.0800. The molecular formula is C11H24O2. The molecule has 0 heterocycles. The fraction of sp³-hybridized carbons (Fsp3) is 1.00. The minimum atomic E-state index is -0.649. The summed E-state index contributed by atoms with van der Waals surface area (Å²) < 4.78 is 5.60. The van der Waals surface area contributed by atoms with E-state index in [0.29, 0.717) is 12.5 Å². The monoisotopic (exact) mass is 188 g/mol. The van der Waals surface area contributed by atoms with E-state index in [4.69, 9.17) is 4.74 Å². The SMILES string of the molecule is CCOC(C(C)C)C(O)(CC)CC. The second kappa shape index (κ2) is 5.61. The average Bonchev–Trinajstić information content (AvgIpc) is 2.12. The van der Waals surface area contributed by atoms with Crippen molar-refractivity contribution < 1.29 is 9.84 Å². The summed E-state index contributed by atoms with van der Waals surface area (Å²) in [6, 6.07) is 0. The molecule has 2 heteroatoms. The second-order valence-electron chi connectivity index (χ2n) is 3.93. The Morgan fingerprint density at radius 1 is 1.15 bits per heavy atom. The van der Waals surface area contributed by atoms with Crippen molar-refractivity contribution in [3.63, 3.8) is 0 Å². The third-order valence-corrected chi connectivity index (χ3v) is 2.71. The molecule has 13 heavy (non-hydrogen) atoms. The highest BCUT2D eigenvalue weighted by atomic mass is 16.5. The zero-order chi connectivity index (χ0) is 10.5. The van der Waals surface area contributed by atoms with E-state index in [0.717, 1.165) is 12.8 Å². The van der Waals surface area contributed by atoms with Crippen LogP contribution in [0, 0.1) is 5.92 Å². The highest BCUT2D eigenvalue weighted by molar-refractivity contribution is 4.87. The Labute approximate surface area is 82.3 Å². The molecule has 0 bridgehead atoms. The number of hydrogen-bond acceptors (Lipinski definition) is 2. The van der Waals surface area contributed by atoms with Crippen LogP contribution in [-0.2, 0) is 4.74 Å². The van der Waals surface area contributed by atoms with Gasteiger partial charge in [0.05, 0.1) is 11.7 Å². The van der Waals surface area contributed by atoms with Gasteiger partial charge in [-0.2, -0.15) is 0 Å². The lowest BCUT2D eigenvalue weighted by atomic mass is 9.84. The molecule has 0 radical (unpaired) electrons. The molecule has 0 rings (SSSR count). The molecular weight excluding hydrogens is 164 g/mol. The number of hydrogen-bond donors (Lipinski definition) is 1. The maximum Gasteiger partial charge on any atom is 0.0905 e. The molecule has 0 spiro atoms. The maximum absolute atomic E-state index is 10.3. The Morgan fingerprint density at radius 3 is 1.85 bits per heavy atom. The highest BCUT2D eigenvalue weighted by Crippen LogP contribution is 2.27. The second-order valence-corrected chi connectivity index (χ2v) is 3.93. The van der Waals surface area contributed by atoms with Gasteiger partial charge in [-0.3, -0.25) is 0 Å². The van der Waals surface area contributed by atoms with Crippen molar-refractivity contribution in [1.82, 2.24) is 0 Å². The fourth-order valence-corrected chi connectivity index (χ4v) is 1.80. The van der Waals surface area contributed by atoms with Gasteiger partial charge < -0.3 is 9.84 Å². The first-order valence-electron chi connectivity index (χ1n) is 5.35. The van der Waals surface area contributed by atoms with Crippen LogP contribution in [0.1, 0.15) is 47.5 Å². The predicted octanol–water partition coefficient (Wildman–Crippen LogP) is 2.60. The van der Waals surface area contributed by atoms with Crippen molar-refractivity contribution in [2.75, 3.05) is 6.61 Å². The van der Waals surface area contributed by atoms with Crippen molar-refractivity contribution in [2.24, 2.45) is 5.92 Å². The van der Waals surface area contributed by atoms with Crippen molar-refractivity contribution in [3.05, 3.63) is 0 Å². The predicted molar refractivity (Wildman–Crippen MR) is 55.8 cm³/mol. The first-order chi connectivity index (χ1) is 6.01. The molecule has 0 amide bonds. The minimum Gasteiger partial charge on any atom is -0.387 e. The number of aliphatic hydroxyl groups is 1. The van der Waals surface area contributed by atoms with Crippen LogP contribution < -0.4 is 0 Å². The van der Waals surface area contributed by atoms with Gasteiger partial charge in [-0.05, 0) is 25.7 Å². The van der Waals surface area contributed by atoms with Gasteiger partial charge in [0.1, 0.15) is 0 Å². The molecule has 0 aromatic heterocycles. The van der Waals surface area contributed by atoms with Crippen LogP contribution >= 0.6 is 0 Å². The van der Waals surface area contributed by atoms with Gasteiger partial charge in [-0.25, -0.2) is 0 Å². The van der Waals surface area contributed by atoms with Crippen LogP contribution in [0.15, 0.2) is 0 Å². The number of rotatable bonds is 6. The van der Waals surface area contributed by atoms with E-state index in [-0.39, 0.29) is 6.10 Å². The lowest BCUT2D eigenvalue weighted by Gasteiger charge is -2.37. The van der Waals surface area contributed by atoms with Crippen LogP contribution in [-0.4, -0.2) is 23.4 Å². The van der Waals surface area contributed by atoms with Gasteiger partial charge in [0, 0.05) is 6.61 Å². The third-order valence-electron chi connectivity index (χ3n) is 2.71. The molecule has 0 aliphatic carbocycles. The summed E-state index contributed by atoms with van der Waals surface area (Å²) in [4.78, 5) is 0. The van der Waals surface area contributed by atoms with Crippen LogP contribution in [0.4, 0.5) is 0 Å².